The molecule has 1 N–H and O–H groups in total. The molecule has 3 aromatic carbocycles. The second-order valence-electron chi connectivity index (χ2n) is 5.49. The fraction of sp³-hybridized carbons (Fsp3) is 0.0500. The van der Waals surface area contributed by atoms with Crippen LogP contribution in [-0.2, 0) is 5.75 Å². The van der Waals surface area contributed by atoms with Gasteiger partial charge in [0, 0.05) is 21.4 Å². The van der Waals surface area contributed by atoms with E-state index in [1.54, 1.807) is 23.9 Å². The van der Waals surface area contributed by atoms with Crippen molar-refractivity contribution in [3.05, 3.63) is 94.5 Å². The number of nitrogens with one attached hydrogen (secondary N) is 1. The van der Waals surface area contributed by atoms with Crippen molar-refractivity contribution in [2.24, 2.45) is 0 Å². The monoisotopic (exact) mass is 389 g/mol. The van der Waals surface area contributed by atoms with Crippen LogP contribution in [0.2, 0.25) is 5.02 Å². The van der Waals surface area contributed by atoms with Crippen molar-refractivity contribution in [1.82, 2.24) is 0 Å². The van der Waals surface area contributed by atoms with Crippen molar-refractivity contribution in [2.75, 3.05) is 5.32 Å². The topological polar surface area (TPSA) is 29.1 Å². The number of rotatable bonds is 5. The average Bonchev–Trinajstić information content (AvgIpc) is 2.62. The third-order valence-electron chi connectivity index (χ3n) is 3.62. The van der Waals surface area contributed by atoms with E-state index in [0.29, 0.717) is 10.7 Å². The zero-order valence-corrected chi connectivity index (χ0v) is 15.1. The van der Waals surface area contributed by atoms with Gasteiger partial charge in [-0.25, -0.2) is 8.78 Å². The van der Waals surface area contributed by atoms with Gasteiger partial charge in [0.2, 0.25) is 0 Å². The van der Waals surface area contributed by atoms with E-state index in [1.807, 2.05) is 36.4 Å². The SMILES string of the molecule is O=C(Nc1ccc(CSc2ccc(Cl)cc2)cc1)c1c(F)cccc1F. The van der Waals surface area contributed by atoms with Gasteiger partial charge in [-0.05, 0) is 54.1 Å². The lowest BCUT2D eigenvalue weighted by atomic mass is 10.1. The van der Waals surface area contributed by atoms with Crippen LogP contribution in [0.5, 0.6) is 0 Å². The standard InChI is InChI=1S/C20H14ClF2NOS/c21-14-6-10-16(11-7-14)26-12-13-4-8-15(9-5-13)24-20(25)19-17(22)2-1-3-18(19)23/h1-11H,12H2,(H,24,25). The van der Waals surface area contributed by atoms with Crippen LogP contribution in [0.25, 0.3) is 0 Å². The van der Waals surface area contributed by atoms with Crippen LogP contribution < -0.4 is 5.32 Å². The number of halogens is 3. The summed E-state index contributed by atoms with van der Waals surface area (Å²) >= 11 is 7.52. The number of carbonyl (C=O) groups is 1. The van der Waals surface area contributed by atoms with Gasteiger partial charge in [-0.15, -0.1) is 11.8 Å². The lowest BCUT2D eigenvalue weighted by molar-refractivity contribution is 0.101. The molecule has 6 heteroatoms. The van der Waals surface area contributed by atoms with Crippen molar-refractivity contribution in [3.8, 4) is 0 Å². The summed E-state index contributed by atoms with van der Waals surface area (Å²) in [6, 6.07) is 18.0. The van der Waals surface area contributed by atoms with Crippen molar-refractivity contribution in [3.63, 3.8) is 0 Å². The molecule has 0 bridgehead atoms. The van der Waals surface area contributed by atoms with Crippen LogP contribution in [0.4, 0.5) is 14.5 Å². The second kappa shape index (κ2) is 8.34. The van der Waals surface area contributed by atoms with Gasteiger partial charge in [0.1, 0.15) is 17.2 Å². The summed E-state index contributed by atoms with van der Waals surface area (Å²) in [6.45, 7) is 0. The molecular weight excluding hydrogens is 376 g/mol. The Labute approximate surface area is 159 Å². The van der Waals surface area contributed by atoms with Gasteiger partial charge in [-0.3, -0.25) is 4.79 Å². The maximum atomic E-state index is 13.6. The predicted octanol–water partition coefficient (Wildman–Crippen LogP) is 6.16. The van der Waals surface area contributed by atoms with E-state index in [4.69, 9.17) is 11.6 Å². The molecule has 0 saturated heterocycles. The van der Waals surface area contributed by atoms with E-state index in [1.165, 1.54) is 6.07 Å². The van der Waals surface area contributed by atoms with Crippen LogP contribution in [0, 0.1) is 11.6 Å². The molecule has 2 nitrogen and oxygen atoms in total. The molecule has 3 rings (SSSR count). The normalized spacial score (nSPS) is 10.6. The zero-order valence-electron chi connectivity index (χ0n) is 13.5. The molecule has 0 atom stereocenters. The van der Waals surface area contributed by atoms with E-state index in [-0.39, 0.29) is 0 Å². The lowest BCUT2D eigenvalue weighted by Gasteiger charge is -2.08. The van der Waals surface area contributed by atoms with E-state index in [0.717, 1.165) is 28.3 Å². The van der Waals surface area contributed by atoms with Gasteiger partial charge in [0.25, 0.3) is 5.91 Å². The molecule has 0 heterocycles. The fourth-order valence-electron chi connectivity index (χ4n) is 2.29. The highest BCUT2D eigenvalue weighted by Gasteiger charge is 2.16. The summed E-state index contributed by atoms with van der Waals surface area (Å²) in [4.78, 5) is 13.2. The summed E-state index contributed by atoms with van der Waals surface area (Å²) < 4.78 is 27.3. The molecule has 1 amide bonds. The molecule has 0 spiro atoms. The minimum Gasteiger partial charge on any atom is -0.322 e. The summed E-state index contributed by atoms with van der Waals surface area (Å²) in [5, 5.41) is 3.20. The van der Waals surface area contributed by atoms with Crippen molar-refractivity contribution >= 4 is 35.0 Å². The number of anilines is 1. The van der Waals surface area contributed by atoms with Gasteiger partial charge in [-0.2, -0.15) is 0 Å². The highest BCUT2D eigenvalue weighted by atomic mass is 35.5. The van der Waals surface area contributed by atoms with Gasteiger partial charge in [0.15, 0.2) is 0 Å². The third kappa shape index (κ3) is 4.62. The van der Waals surface area contributed by atoms with Crippen LogP contribution >= 0.6 is 23.4 Å². The van der Waals surface area contributed by atoms with E-state index < -0.39 is 23.1 Å². The zero-order chi connectivity index (χ0) is 18.5. The molecule has 0 unspecified atom stereocenters. The van der Waals surface area contributed by atoms with Crippen LogP contribution in [0.3, 0.4) is 0 Å². The number of carbonyl (C=O) groups excluding carboxylic acids is 1. The summed E-state index contributed by atoms with van der Waals surface area (Å²) in [5.74, 6) is -1.85. The van der Waals surface area contributed by atoms with Gasteiger partial charge in [-0.1, -0.05) is 29.8 Å². The molecule has 0 aliphatic rings. The molecule has 0 aliphatic heterocycles. The number of hydrogen-bond acceptors (Lipinski definition) is 2. The van der Waals surface area contributed by atoms with E-state index in [9.17, 15) is 13.6 Å². The van der Waals surface area contributed by atoms with Crippen molar-refractivity contribution in [1.29, 1.82) is 0 Å². The number of thioether (sulfide) groups is 1. The minimum atomic E-state index is -0.890. The molecule has 0 aliphatic carbocycles. The Kier molecular flexibility index (Phi) is 5.91. The van der Waals surface area contributed by atoms with Crippen molar-refractivity contribution in [2.45, 2.75) is 10.6 Å². The number of amides is 1. The Hall–Kier alpha value is -2.37. The lowest BCUT2D eigenvalue weighted by Crippen LogP contribution is -2.15. The number of benzene rings is 3. The Morgan fingerprint density at radius 3 is 2.15 bits per heavy atom. The maximum Gasteiger partial charge on any atom is 0.261 e. The fourth-order valence-corrected chi connectivity index (χ4v) is 3.27. The second-order valence-corrected chi connectivity index (χ2v) is 6.98. The molecule has 26 heavy (non-hydrogen) atoms. The Balaban J connectivity index is 1.62. The first kappa shape index (κ1) is 18.4. The molecule has 0 radical (unpaired) electrons. The summed E-state index contributed by atoms with van der Waals surface area (Å²) in [7, 11) is 0. The van der Waals surface area contributed by atoms with Gasteiger partial charge < -0.3 is 5.32 Å². The highest BCUT2D eigenvalue weighted by molar-refractivity contribution is 7.98. The Morgan fingerprint density at radius 2 is 1.54 bits per heavy atom. The molecule has 0 fully saturated rings. The molecular formula is C20H14ClF2NOS. The first-order valence-electron chi connectivity index (χ1n) is 7.75. The maximum absolute atomic E-state index is 13.6. The smallest absolute Gasteiger partial charge is 0.261 e. The third-order valence-corrected chi connectivity index (χ3v) is 4.96. The first-order valence-corrected chi connectivity index (χ1v) is 9.12. The van der Waals surface area contributed by atoms with Crippen LogP contribution in [0.15, 0.2) is 71.6 Å². The minimum absolute atomic E-state index is 0.470. The number of hydrogen-bond donors (Lipinski definition) is 1. The van der Waals surface area contributed by atoms with Gasteiger partial charge in [0.05, 0.1) is 0 Å². The van der Waals surface area contributed by atoms with E-state index >= 15 is 0 Å². The molecule has 0 aromatic heterocycles. The molecule has 132 valence electrons. The quantitative estimate of drug-likeness (QED) is 0.529. The molecule has 0 saturated carbocycles. The predicted molar refractivity (Wildman–Crippen MR) is 102 cm³/mol. The summed E-state index contributed by atoms with van der Waals surface area (Å²) in [6.07, 6.45) is 0. The van der Waals surface area contributed by atoms with Crippen LogP contribution in [-0.4, -0.2) is 5.91 Å². The highest BCUT2D eigenvalue weighted by Crippen LogP contribution is 2.25. The first-order chi connectivity index (χ1) is 12.5. The van der Waals surface area contributed by atoms with E-state index in [2.05, 4.69) is 5.32 Å². The molecule has 3 aromatic rings. The Bertz CT molecular complexity index is 894. The Morgan fingerprint density at radius 1 is 0.923 bits per heavy atom. The largest absolute Gasteiger partial charge is 0.322 e. The summed E-state index contributed by atoms with van der Waals surface area (Å²) in [5.41, 5.74) is 0.938. The van der Waals surface area contributed by atoms with Crippen molar-refractivity contribution < 1.29 is 13.6 Å². The average molecular weight is 390 g/mol. The van der Waals surface area contributed by atoms with Crippen LogP contribution in [0.1, 0.15) is 15.9 Å². The van der Waals surface area contributed by atoms with Gasteiger partial charge >= 0.3 is 0 Å².